The van der Waals surface area contributed by atoms with Gasteiger partial charge in [-0.1, -0.05) is 24.8 Å². The van der Waals surface area contributed by atoms with Gasteiger partial charge in [-0.15, -0.1) is 0 Å². The Bertz CT molecular complexity index is 790. The summed E-state index contributed by atoms with van der Waals surface area (Å²) in [5.41, 5.74) is 6.96. The van der Waals surface area contributed by atoms with Crippen molar-refractivity contribution >= 4 is 28.4 Å². The number of hydrogen-bond acceptors (Lipinski definition) is 5. The second-order valence-electron chi connectivity index (χ2n) is 5.24. The highest BCUT2D eigenvalue weighted by Gasteiger charge is 2.52. The van der Waals surface area contributed by atoms with Gasteiger partial charge in [-0.25, -0.2) is 0 Å². The number of fused-ring (bicyclic) bond motifs is 2. The van der Waals surface area contributed by atoms with E-state index in [-0.39, 0.29) is 5.91 Å². The molecule has 1 atom stereocenters. The van der Waals surface area contributed by atoms with Crippen molar-refractivity contribution in [3.8, 4) is 0 Å². The molecule has 6 heteroatoms. The molecule has 2 aromatic rings. The smallest absolute Gasteiger partial charge is 0.267 e. The van der Waals surface area contributed by atoms with Crippen LogP contribution in [0, 0.1) is 0 Å². The molecule has 4 rings (SSSR count). The van der Waals surface area contributed by atoms with Gasteiger partial charge in [0.1, 0.15) is 5.04 Å². The molecular weight excluding hydrogens is 296 g/mol. The van der Waals surface area contributed by atoms with E-state index < -0.39 is 4.87 Å². The van der Waals surface area contributed by atoms with Crippen LogP contribution in [0.15, 0.2) is 47.8 Å². The van der Waals surface area contributed by atoms with E-state index in [1.807, 2.05) is 24.3 Å². The van der Waals surface area contributed by atoms with E-state index in [0.717, 1.165) is 28.3 Å². The number of hydrazone groups is 1. The molecule has 0 saturated carbocycles. The molecule has 1 aromatic carbocycles. The van der Waals surface area contributed by atoms with Crippen molar-refractivity contribution in [2.75, 3.05) is 5.32 Å². The maximum absolute atomic E-state index is 12.5. The molecule has 0 saturated heterocycles. The van der Waals surface area contributed by atoms with Gasteiger partial charge in [0, 0.05) is 29.2 Å². The molecule has 1 aromatic heterocycles. The van der Waals surface area contributed by atoms with Crippen LogP contribution in [0.3, 0.4) is 0 Å². The van der Waals surface area contributed by atoms with Crippen molar-refractivity contribution in [2.45, 2.75) is 18.2 Å². The van der Waals surface area contributed by atoms with Gasteiger partial charge in [-0.05, 0) is 36.2 Å². The van der Waals surface area contributed by atoms with Gasteiger partial charge in [-0.2, -0.15) is 5.10 Å². The predicted molar refractivity (Wildman–Crippen MR) is 87.6 cm³/mol. The maximum atomic E-state index is 12.5. The Labute approximate surface area is 132 Å². The Kier molecular flexibility index (Phi) is 2.94. The minimum atomic E-state index is -0.869. The van der Waals surface area contributed by atoms with E-state index in [4.69, 9.17) is 0 Å². The van der Waals surface area contributed by atoms with Crippen molar-refractivity contribution in [3.05, 3.63) is 59.4 Å². The number of aryl methyl sites for hydroxylation is 1. The van der Waals surface area contributed by atoms with E-state index in [2.05, 4.69) is 33.8 Å². The van der Waals surface area contributed by atoms with Crippen molar-refractivity contribution in [1.82, 2.24) is 10.4 Å². The van der Waals surface area contributed by atoms with E-state index in [1.54, 1.807) is 12.4 Å². The maximum Gasteiger partial charge on any atom is 0.267 e. The summed E-state index contributed by atoms with van der Waals surface area (Å²) in [5, 5.41) is 8.09. The van der Waals surface area contributed by atoms with E-state index in [9.17, 15) is 4.79 Å². The number of nitrogens with one attached hydrogen (secondary N) is 2. The number of carbonyl (C=O) groups excluding carboxylic acids is 1. The van der Waals surface area contributed by atoms with Crippen molar-refractivity contribution in [2.24, 2.45) is 5.10 Å². The Morgan fingerprint density at radius 3 is 3.00 bits per heavy atom. The van der Waals surface area contributed by atoms with Gasteiger partial charge < -0.3 is 5.32 Å². The Hall–Kier alpha value is -2.34. The number of aromatic nitrogens is 1. The van der Waals surface area contributed by atoms with E-state index in [0.29, 0.717) is 0 Å². The number of hydrogen-bond donors (Lipinski definition) is 2. The lowest BCUT2D eigenvalue weighted by atomic mass is 10.0. The molecule has 2 N–H and O–H groups in total. The minimum Gasteiger partial charge on any atom is -0.323 e. The van der Waals surface area contributed by atoms with Crippen molar-refractivity contribution in [3.63, 3.8) is 0 Å². The normalized spacial score (nSPS) is 22.2. The monoisotopic (exact) mass is 310 g/mol. The van der Waals surface area contributed by atoms with Crippen LogP contribution in [0.5, 0.6) is 0 Å². The highest BCUT2D eigenvalue weighted by Crippen LogP contribution is 2.48. The number of rotatable bonds is 2. The minimum absolute atomic E-state index is 0.0802. The van der Waals surface area contributed by atoms with Gasteiger partial charge in [0.25, 0.3) is 5.91 Å². The fourth-order valence-electron chi connectivity index (χ4n) is 2.69. The van der Waals surface area contributed by atoms with E-state index in [1.165, 1.54) is 17.3 Å². The summed E-state index contributed by atoms with van der Waals surface area (Å²) in [6.07, 6.45) is 4.40. The molecule has 22 heavy (non-hydrogen) atoms. The molecule has 2 aliphatic heterocycles. The SMILES string of the molecule is CCc1ccc2c(c1)C1(NN=C(c3cccnc3)S1)C(=O)N2. The fourth-order valence-corrected chi connectivity index (χ4v) is 3.82. The lowest BCUT2D eigenvalue weighted by Gasteiger charge is -2.20. The predicted octanol–water partition coefficient (Wildman–Crippen LogP) is 2.45. The Balaban J connectivity index is 1.74. The van der Waals surface area contributed by atoms with Crippen LogP contribution in [0.2, 0.25) is 0 Å². The molecule has 0 radical (unpaired) electrons. The molecule has 1 amide bonds. The molecule has 2 aliphatic rings. The number of nitrogens with zero attached hydrogens (tertiary/aromatic N) is 2. The number of anilines is 1. The average molecular weight is 310 g/mol. The van der Waals surface area contributed by atoms with Crippen LogP contribution in [-0.2, 0) is 16.1 Å². The highest BCUT2D eigenvalue weighted by atomic mass is 32.2. The molecule has 110 valence electrons. The summed E-state index contributed by atoms with van der Waals surface area (Å²) in [4.78, 5) is 15.8. The van der Waals surface area contributed by atoms with Gasteiger partial charge in [-0.3, -0.25) is 15.2 Å². The quantitative estimate of drug-likeness (QED) is 0.894. The number of pyridine rings is 1. The molecule has 3 heterocycles. The molecule has 0 fully saturated rings. The number of benzene rings is 1. The highest BCUT2D eigenvalue weighted by molar-refractivity contribution is 8.16. The lowest BCUT2D eigenvalue weighted by molar-refractivity contribution is -0.118. The van der Waals surface area contributed by atoms with Crippen LogP contribution in [0.1, 0.15) is 23.6 Å². The first-order chi connectivity index (χ1) is 10.7. The Morgan fingerprint density at radius 1 is 1.32 bits per heavy atom. The zero-order chi connectivity index (χ0) is 15.2. The molecule has 1 unspecified atom stereocenters. The Morgan fingerprint density at radius 2 is 2.23 bits per heavy atom. The van der Waals surface area contributed by atoms with Crippen LogP contribution in [0.4, 0.5) is 5.69 Å². The number of amides is 1. The lowest BCUT2D eigenvalue weighted by Crippen LogP contribution is -2.39. The zero-order valence-corrected chi connectivity index (χ0v) is 12.8. The number of thioether (sulfide) groups is 1. The standard InChI is InChI=1S/C16H14N4OS/c1-2-10-5-6-13-12(8-10)16(15(21)18-13)20-19-14(22-16)11-4-3-7-17-9-11/h3-9,20H,2H2,1H3,(H,18,21). The third-order valence-corrected chi connectivity index (χ3v) is 5.24. The summed E-state index contributed by atoms with van der Waals surface area (Å²) < 4.78 is 0. The van der Waals surface area contributed by atoms with Gasteiger partial charge >= 0.3 is 0 Å². The summed E-state index contributed by atoms with van der Waals surface area (Å²) in [7, 11) is 0. The van der Waals surface area contributed by atoms with Crippen LogP contribution in [-0.4, -0.2) is 15.9 Å². The van der Waals surface area contributed by atoms with Gasteiger partial charge in [0.2, 0.25) is 4.87 Å². The second-order valence-corrected chi connectivity index (χ2v) is 6.44. The molecular formula is C16H14N4OS. The molecule has 0 aliphatic carbocycles. The van der Waals surface area contributed by atoms with Gasteiger partial charge in [0.15, 0.2) is 0 Å². The molecule has 5 nitrogen and oxygen atoms in total. The van der Waals surface area contributed by atoms with Crippen molar-refractivity contribution in [1.29, 1.82) is 0 Å². The van der Waals surface area contributed by atoms with Gasteiger partial charge in [0.05, 0.1) is 0 Å². The summed E-state index contributed by atoms with van der Waals surface area (Å²) in [6, 6.07) is 9.89. The molecule has 1 spiro atoms. The first-order valence-corrected chi connectivity index (χ1v) is 7.94. The third-order valence-electron chi connectivity index (χ3n) is 3.91. The first kappa shape index (κ1) is 13.3. The van der Waals surface area contributed by atoms with E-state index >= 15 is 0 Å². The average Bonchev–Trinajstić information content (AvgIpc) is 3.12. The topological polar surface area (TPSA) is 66.4 Å². The van der Waals surface area contributed by atoms with Crippen LogP contribution >= 0.6 is 11.8 Å². The first-order valence-electron chi connectivity index (χ1n) is 7.12. The second kappa shape index (κ2) is 4.84. The van der Waals surface area contributed by atoms with Crippen LogP contribution < -0.4 is 10.7 Å². The van der Waals surface area contributed by atoms with Crippen LogP contribution in [0.25, 0.3) is 0 Å². The third kappa shape index (κ3) is 1.84. The summed E-state index contributed by atoms with van der Waals surface area (Å²) in [6.45, 7) is 2.10. The summed E-state index contributed by atoms with van der Waals surface area (Å²) in [5.74, 6) is -0.0802. The summed E-state index contributed by atoms with van der Waals surface area (Å²) >= 11 is 1.43. The zero-order valence-electron chi connectivity index (χ0n) is 12.0. The number of carbonyl (C=O) groups is 1. The largest absolute Gasteiger partial charge is 0.323 e. The fraction of sp³-hybridized carbons (Fsp3) is 0.188. The van der Waals surface area contributed by atoms with Crippen molar-refractivity contribution < 1.29 is 4.79 Å². The molecule has 0 bridgehead atoms.